The van der Waals surface area contributed by atoms with Crippen molar-refractivity contribution < 1.29 is 23.5 Å². The van der Waals surface area contributed by atoms with E-state index in [4.69, 9.17) is 5.41 Å². The molecule has 2 aromatic carbocycles. The Balaban J connectivity index is 1.52. The normalized spacial score (nSPS) is 15.1. The van der Waals surface area contributed by atoms with Crippen LogP contribution in [0.25, 0.3) is 0 Å². The number of hydrogen-bond donors (Lipinski definition) is 3. The van der Waals surface area contributed by atoms with Gasteiger partial charge in [0.2, 0.25) is 0 Å². The number of halogens is 2. The van der Waals surface area contributed by atoms with Crippen LogP contribution in [0.3, 0.4) is 0 Å². The molecule has 3 aromatic rings. The molecule has 2 heterocycles. The lowest BCUT2D eigenvalue weighted by molar-refractivity contribution is -0.144. The predicted molar refractivity (Wildman–Crippen MR) is 138 cm³/mol. The smallest absolute Gasteiger partial charge is 0.314 e. The molecule has 0 saturated carbocycles. The molecule has 0 amide bonds. The number of anilines is 1. The van der Waals surface area contributed by atoms with Gasteiger partial charge in [-0.3, -0.25) is 15.0 Å². The minimum atomic E-state index is -1.08. The maximum absolute atomic E-state index is 14.8. The van der Waals surface area contributed by atoms with Crippen LogP contribution in [0.2, 0.25) is 0 Å². The Morgan fingerprint density at radius 3 is 2.37 bits per heavy atom. The molecule has 1 fully saturated rings. The average molecular weight is 520 g/mol. The SMILES string of the molecule is CC(=O)/C(=C/C(=N)c1ncc(F)c(N2CCC(C(=O)O)(c3ccccc3)CC2)n1)NCc1ccccc1F. The summed E-state index contributed by atoms with van der Waals surface area (Å²) in [4.78, 5) is 34.2. The second kappa shape index (κ2) is 11.3. The van der Waals surface area contributed by atoms with Crippen LogP contribution in [-0.2, 0) is 21.5 Å². The molecule has 4 rings (SSSR count). The zero-order chi connectivity index (χ0) is 27.3. The molecule has 1 saturated heterocycles. The summed E-state index contributed by atoms with van der Waals surface area (Å²) in [6, 6.07) is 15.1. The summed E-state index contributed by atoms with van der Waals surface area (Å²) >= 11 is 0. The highest BCUT2D eigenvalue weighted by Gasteiger charge is 2.43. The Morgan fingerprint density at radius 1 is 1.08 bits per heavy atom. The zero-order valence-electron chi connectivity index (χ0n) is 20.7. The summed E-state index contributed by atoms with van der Waals surface area (Å²) in [5, 5.41) is 21.3. The third-order valence-electron chi connectivity index (χ3n) is 6.71. The van der Waals surface area contributed by atoms with Crippen molar-refractivity contribution in [1.82, 2.24) is 15.3 Å². The molecule has 0 atom stereocenters. The van der Waals surface area contributed by atoms with Crippen molar-refractivity contribution in [3.63, 3.8) is 0 Å². The van der Waals surface area contributed by atoms with Crippen molar-refractivity contribution in [2.45, 2.75) is 31.7 Å². The van der Waals surface area contributed by atoms with Gasteiger partial charge in [-0.2, -0.15) is 0 Å². The Labute approximate surface area is 218 Å². The standard InChI is InChI=1S/C28H27F2N5O3/c1-18(36)24(32-16-19-7-5-6-10-21(19)29)15-23(31)25-33-17-22(30)26(34-25)35-13-11-28(12-14-35,27(37)38)20-8-3-2-4-9-20/h2-10,15,17,31-32H,11-14,16H2,1H3,(H,37,38)/b24-15-,31-23?. The van der Waals surface area contributed by atoms with Crippen LogP contribution in [0.1, 0.15) is 36.7 Å². The van der Waals surface area contributed by atoms with Gasteiger partial charge in [-0.25, -0.2) is 18.7 Å². The first-order chi connectivity index (χ1) is 18.2. The number of Topliss-reactive ketones (excluding diaryl/α,β-unsaturated/α-hetero) is 1. The summed E-state index contributed by atoms with van der Waals surface area (Å²) in [5.74, 6) is -2.58. The van der Waals surface area contributed by atoms with Gasteiger partial charge in [-0.15, -0.1) is 0 Å². The largest absolute Gasteiger partial charge is 0.481 e. The minimum absolute atomic E-state index is 0.0292. The van der Waals surface area contributed by atoms with Crippen LogP contribution in [0.15, 0.2) is 72.6 Å². The monoisotopic (exact) mass is 519 g/mol. The maximum atomic E-state index is 14.8. The number of hydrogen-bond acceptors (Lipinski definition) is 7. The third kappa shape index (κ3) is 5.59. The van der Waals surface area contributed by atoms with Gasteiger partial charge in [0, 0.05) is 32.1 Å². The van der Waals surface area contributed by atoms with Crippen molar-refractivity contribution in [3.05, 3.63) is 101 Å². The van der Waals surface area contributed by atoms with Crippen molar-refractivity contribution in [3.8, 4) is 0 Å². The molecule has 0 aliphatic carbocycles. The second-order valence-electron chi connectivity index (χ2n) is 9.08. The number of carboxylic acids is 1. The number of aliphatic carboxylic acids is 1. The van der Waals surface area contributed by atoms with Crippen LogP contribution < -0.4 is 10.2 Å². The van der Waals surface area contributed by atoms with E-state index in [0.717, 1.165) is 6.20 Å². The number of nitrogens with one attached hydrogen (secondary N) is 2. The van der Waals surface area contributed by atoms with E-state index < -0.39 is 23.0 Å². The van der Waals surface area contributed by atoms with Crippen LogP contribution >= 0.6 is 0 Å². The first kappa shape index (κ1) is 26.6. The summed E-state index contributed by atoms with van der Waals surface area (Å²) < 4.78 is 28.7. The minimum Gasteiger partial charge on any atom is -0.481 e. The molecule has 0 spiro atoms. The van der Waals surface area contributed by atoms with Crippen LogP contribution in [0.5, 0.6) is 0 Å². The fourth-order valence-corrected chi connectivity index (χ4v) is 4.51. The number of ketones is 1. The predicted octanol–water partition coefficient (Wildman–Crippen LogP) is 4.01. The molecule has 38 heavy (non-hydrogen) atoms. The number of aromatic nitrogens is 2. The quantitative estimate of drug-likeness (QED) is 0.289. The highest BCUT2D eigenvalue weighted by atomic mass is 19.1. The highest BCUT2D eigenvalue weighted by Crippen LogP contribution is 2.37. The molecule has 0 unspecified atom stereocenters. The van der Waals surface area contributed by atoms with E-state index in [-0.39, 0.29) is 61.3 Å². The summed E-state index contributed by atoms with van der Waals surface area (Å²) in [6.07, 6.45) is 2.67. The number of carbonyl (C=O) groups is 2. The van der Waals surface area contributed by atoms with Gasteiger partial charge >= 0.3 is 5.97 Å². The van der Waals surface area contributed by atoms with E-state index in [9.17, 15) is 23.5 Å². The Morgan fingerprint density at radius 2 is 1.74 bits per heavy atom. The maximum Gasteiger partial charge on any atom is 0.314 e. The summed E-state index contributed by atoms with van der Waals surface area (Å²) in [6.45, 7) is 1.81. The first-order valence-electron chi connectivity index (χ1n) is 12.1. The number of benzene rings is 2. The van der Waals surface area contributed by atoms with Gasteiger partial charge in [-0.05, 0) is 30.5 Å². The van der Waals surface area contributed by atoms with Crippen molar-refractivity contribution in [2.75, 3.05) is 18.0 Å². The summed E-state index contributed by atoms with van der Waals surface area (Å²) in [7, 11) is 0. The fraction of sp³-hybridized carbons (Fsp3) is 0.250. The van der Waals surface area contributed by atoms with Gasteiger partial charge in [-0.1, -0.05) is 48.5 Å². The summed E-state index contributed by atoms with van der Waals surface area (Å²) in [5.41, 5.74) is -0.217. The number of allylic oxidation sites excluding steroid dienone is 2. The second-order valence-corrected chi connectivity index (χ2v) is 9.08. The first-order valence-corrected chi connectivity index (χ1v) is 12.1. The Bertz CT molecular complexity index is 1390. The molecule has 10 heteroatoms. The number of carboxylic acid groups (broad SMARTS) is 1. The van der Waals surface area contributed by atoms with Crippen LogP contribution in [-0.4, -0.2) is 45.6 Å². The molecular weight excluding hydrogens is 492 g/mol. The molecule has 1 aliphatic rings. The van der Waals surface area contributed by atoms with E-state index in [1.165, 1.54) is 19.1 Å². The lowest BCUT2D eigenvalue weighted by Crippen LogP contribution is -2.48. The van der Waals surface area contributed by atoms with E-state index in [2.05, 4.69) is 15.3 Å². The van der Waals surface area contributed by atoms with E-state index >= 15 is 0 Å². The third-order valence-corrected chi connectivity index (χ3v) is 6.71. The van der Waals surface area contributed by atoms with Gasteiger partial charge in [0.05, 0.1) is 17.3 Å². The van der Waals surface area contributed by atoms with Crippen LogP contribution in [0.4, 0.5) is 14.6 Å². The lowest BCUT2D eigenvalue weighted by Gasteiger charge is -2.39. The highest BCUT2D eigenvalue weighted by molar-refractivity contribution is 6.09. The molecule has 0 radical (unpaired) electrons. The van der Waals surface area contributed by atoms with Gasteiger partial charge in [0.1, 0.15) is 11.5 Å². The zero-order valence-corrected chi connectivity index (χ0v) is 20.7. The number of nitrogens with zero attached hydrogens (tertiary/aromatic N) is 3. The topological polar surface area (TPSA) is 119 Å². The van der Waals surface area contributed by atoms with Crippen LogP contribution in [0, 0.1) is 17.0 Å². The molecule has 1 aromatic heterocycles. The Hall–Kier alpha value is -4.47. The van der Waals surface area contributed by atoms with E-state index in [0.29, 0.717) is 11.1 Å². The van der Waals surface area contributed by atoms with Gasteiger partial charge in [0.15, 0.2) is 23.2 Å². The number of rotatable bonds is 9. The van der Waals surface area contributed by atoms with Crippen molar-refractivity contribution in [1.29, 1.82) is 5.41 Å². The molecule has 1 aliphatic heterocycles. The van der Waals surface area contributed by atoms with Crippen molar-refractivity contribution >= 4 is 23.3 Å². The number of piperidine rings is 1. The average Bonchev–Trinajstić information content (AvgIpc) is 2.92. The lowest BCUT2D eigenvalue weighted by atomic mass is 9.73. The Kier molecular flexibility index (Phi) is 7.90. The molecule has 8 nitrogen and oxygen atoms in total. The van der Waals surface area contributed by atoms with Gasteiger partial charge in [0.25, 0.3) is 0 Å². The number of carbonyl (C=O) groups excluding carboxylic acids is 1. The molecular formula is C28H27F2N5O3. The molecule has 196 valence electrons. The van der Waals surface area contributed by atoms with Crippen molar-refractivity contribution in [2.24, 2.45) is 0 Å². The van der Waals surface area contributed by atoms with Gasteiger partial charge < -0.3 is 15.3 Å². The fourth-order valence-electron chi connectivity index (χ4n) is 4.51. The molecule has 0 bridgehead atoms. The molecule has 3 N–H and O–H groups in total. The van der Waals surface area contributed by atoms with E-state index in [1.807, 2.05) is 6.07 Å². The van der Waals surface area contributed by atoms with E-state index in [1.54, 1.807) is 47.4 Å².